The Morgan fingerprint density at radius 3 is 2.50 bits per heavy atom. The van der Waals surface area contributed by atoms with E-state index in [9.17, 15) is 22.4 Å². The van der Waals surface area contributed by atoms with Crippen LogP contribution in [0.2, 0.25) is 0 Å². The van der Waals surface area contributed by atoms with E-state index in [1.54, 1.807) is 24.3 Å². The van der Waals surface area contributed by atoms with Crippen molar-refractivity contribution < 1.29 is 27.1 Å². The second-order valence-electron chi connectivity index (χ2n) is 7.62. The zero-order chi connectivity index (χ0) is 23.6. The molecule has 1 aliphatic heterocycles. The summed E-state index contributed by atoms with van der Waals surface area (Å²) in [4.78, 5) is 14.1. The number of halogens is 4. The van der Waals surface area contributed by atoms with Crippen LogP contribution in [0.1, 0.15) is 49.2 Å². The molecule has 0 atom stereocenters. The first-order valence-electron chi connectivity index (χ1n) is 9.76. The molecule has 1 aromatic heterocycles. The number of methoxy groups -OCH3 is 1. The third kappa shape index (κ3) is 5.09. The van der Waals surface area contributed by atoms with E-state index in [0.29, 0.717) is 34.6 Å². The molecule has 1 amide bonds. The Morgan fingerprint density at radius 2 is 1.91 bits per heavy atom. The molecule has 0 radical (unpaired) electrons. The molecule has 1 saturated heterocycles. The Kier molecular flexibility index (Phi) is 7.17. The van der Waals surface area contributed by atoms with Gasteiger partial charge in [-0.25, -0.2) is 17.6 Å². The minimum Gasteiger partial charge on any atom is -0.496 e. The molecule has 0 bridgehead atoms. The van der Waals surface area contributed by atoms with Crippen molar-refractivity contribution in [1.29, 1.82) is 0 Å². The number of carbonyl (C=O) groups is 1. The number of amides is 1. The maximum atomic E-state index is 13.3. The summed E-state index contributed by atoms with van der Waals surface area (Å²) in [6.07, 6.45) is -4.36. The lowest BCUT2D eigenvalue weighted by atomic mass is 10.1. The molecular formula is C21H22F4N4O2S. The molecule has 32 heavy (non-hydrogen) atoms. The molecule has 0 aliphatic carbocycles. The average Bonchev–Trinajstić information content (AvgIpc) is 3.25. The summed E-state index contributed by atoms with van der Waals surface area (Å²) in [6, 6.07) is 5.60. The third-order valence-corrected chi connectivity index (χ3v) is 5.05. The van der Waals surface area contributed by atoms with Crippen LogP contribution in [0, 0.1) is 5.92 Å². The Morgan fingerprint density at radius 1 is 1.19 bits per heavy atom. The summed E-state index contributed by atoms with van der Waals surface area (Å²) in [7, 11) is 1.41. The third-order valence-electron chi connectivity index (χ3n) is 4.72. The quantitative estimate of drug-likeness (QED) is 0.349. The van der Waals surface area contributed by atoms with Gasteiger partial charge in [0.05, 0.1) is 13.7 Å². The van der Waals surface area contributed by atoms with Crippen molar-refractivity contribution in [3.05, 3.63) is 52.5 Å². The van der Waals surface area contributed by atoms with Gasteiger partial charge in [0.2, 0.25) is 0 Å². The Bertz CT molecular complexity index is 1050. The predicted octanol–water partition coefficient (Wildman–Crippen LogP) is 4.53. The summed E-state index contributed by atoms with van der Waals surface area (Å²) in [5.74, 6) is 0.320. The molecule has 0 saturated carbocycles. The Balaban J connectivity index is 1.93. The summed E-state index contributed by atoms with van der Waals surface area (Å²) >= 11 is 5.23. The number of hydrogen-bond donors (Lipinski definition) is 1. The molecule has 11 heteroatoms. The van der Waals surface area contributed by atoms with Gasteiger partial charge in [0.15, 0.2) is 5.11 Å². The lowest BCUT2D eigenvalue weighted by molar-refractivity contribution is -0.122. The van der Waals surface area contributed by atoms with Gasteiger partial charge in [0.25, 0.3) is 18.8 Å². The highest BCUT2D eigenvalue weighted by Gasteiger charge is 2.31. The average molecular weight is 470 g/mol. The zero-order valence-electron chi connectivity index (χ0n) is 17.6. The molecule has 2 aromatic rings. The Hall–Kier alpha value is -2.95. The van der Waals surface area contributed by atoms with Crippen LogP contribution >= 0.6 is 12.2 Å². The van der Waals surface area contributed by atoms with Gasteiger partial charge in [-0.05, 0) is 48.0 Å². The highest BCUT2D eigenvalue weighted by atomic mass is 32.1. The number of benzene rings is 1. The zero-order valence-corrected chi connectivity index (χ0v) is 18.4. The SMILES string of the molecule is COc1ccc(/C=C2/NC(=S)N(CC(C)C)C2=O)cc1Cn1nc(C(F)F)cc1C(F)F. The smallest absolute Gasteiger partial charge is 0.282 e. The number of nitrogens with one attached hydrogen (secondary N) is 1. The highest BCUT2D eigenvalue weighted by Crippen LogP contribution is 2.28. The summed E-state index contributed by atoms with van der Waals surface area (Å²) in [6.45, 7) is 4.19. The number of ether oxygens (including phenoxy) is 1. The number of hydrogen-bond acceptors (Lipinski definition) is 4. The van der Waals surface area contributed by atoms with Gasteiger partial charge in [-0.2, -0.15) is 5.10 Å². The Labute approximate surface area is 187 Å². The number of rotatable bonds is 8. The van der Waals surface area contributed by atoms with E-state index >= 15 is 0 Å². The maximum Gasteiger partial charge on any atom is 0.282 e. The summed E-state index contributed by atoms with van der Waals surface area (Å²) in [5, 5.41) is 6.81. The molecule has 2 heterocycles. The van der Waals surface area contributed by atoms with E-state index in [4.69, 9.17) is 17.0 Å². The van der Waals surface area contributed by atoms with Crippen molar-refractivity contribution >= 4 is 29.3 Å². The first-order chi connectivity index (χ1) is 15.1. The van der Waals surface area contributed by atoms with Crippen LogP contribution in [0.25, 0.3) is 6.08 Å². The van der Waals surface area contributed by atoms with Crippen molar-refractivity contribution in [2.24, 2.45) is 5.92 Å². The van der Waals surface area contributed by atoms with Crippen LogP contribution < -0.4 is 10.1 Å². The molecule has 1 fully saturated rings. The van der Waals surface area contributed by atoms with Crippen molar-refractivity contribution in [3.8, 4) is 5.75 Å². The van der Waals surface area contributed by atoms with Crippen LogP contribution in [0.3, 0.4) is 0 Å². The first kappa shape index (κ1) is 23.7. The molecule has 1 aromatic carbocycles. The van der Waals surface area contributed by atoms with Gasteiger partial charge in [-0.15, -0.1) is 0 Å². The fraction of sp³-hybridized carbons (Fsp3) is 0.381. The molecule has 0 unspecified atom stereocenters. The molecule has 0 spiro atoms. The molecule has 1 aliphatic rings. The van der Waals surface area contributed by atoms with Crippen molar-refractivity contribution in [1.82, 2.24) is 20.0 Å². The van der Waals surface area contributed by atoms with E-state index in [1.807, 2.05) is 13.8 Å². The fourth-order valence-corrected chi connectivity index (χ4v) is 3.57. The van der Waals surface area contributed by atoms with Gasteiger partial charge in [0, 0.05) is 12.1 Å². The van der Waals surface area contributed by atoms with Crippen molar-refractivity contribution in [2.75, 3.05) is 13.7 Å². The van der Waals surface area contributed by atoms with E-state index in [0.717, 1.165) is 4.68 Å². The van der Waals surface area contributed by atoms with E-state index < -0.39 is 24.2 Å². The topological polar surface area (TPSA) is 59.4 Å². The predicted molar refractivity (Wildman–Crippen MR) is 114 cm³/mol. The van der Waals surface area contributed by atoms with Crippen LogP contribution in [0.5, 0.6) is 5.75 Å². The summed E-state index contributed by atoms with van der Waals surface area (Å²) in [5.41, 5.74) is -0.0602. The van der Waals surface area contributed by atoms with Gasteiger partial charge < -0.3 is 10.1 Å². The van der Waals surface area contributed by atoms with Gasteiger partial charge in [0.1, 0.15) is 22.8 Å². The lowest BCUT2D eigenvalue weighted by Gasteiger charge is -2.16. The lowest BCUT2D eigenvalue weighted by Crippen LogP contribution is -2.33. The van der Waals surface area contributed by atoms with E-state index in [2.05, 4.69) is 10.4 Å². The van der Waals surface area contributed by atoms with Gasteiger partial charge in [-0.1, -0.05) is 19.9 Å². The van der Waals surface area contributed by atoms with E-state index in [1.165, 1.54) is 12.0 Å². The number of alkyl halides is 4. The standard InChI is InChI=1S/C21H22F4N4O2S/c1-11(2)9-28-20(30)15(26-21(28)32)7-12-4-5-17(31-3)13(6-12)10-29-16(19(24)25)8-14(27-29)18(22)23/h4-8,11,18-19H,9-10H2,1-3H3,(H,26,32)/b15-7+. The van der Waals surface area contributed by atoms with Crippen LogP contribution in [-0.4, -0.2) is 39.4 Å². The van der Waals surface area contributed by atoms with Crippen molar-refractivity contribution in [3.63, 3.8) is 0 Å². The molecule has 172 valence electrons. The monoisotopic (exact) mass is 470 g/mol. The van der Waals surface area contributed by atoms with Crippen LogP contribution in [0.4, 0.5) is 17.6 Å². The minimum atomic E-state index is -2.97. The second-order valence-corrected chi connectivity index (χ2v) is 8.01. The van der Waals surface area contributed by atoms with Crippen LogP contribution in [0.15, 0.2) is 30.0 Å². The molecule has 3 rings (SSSR count). The van der Waals surface area contributed by atoms with Crippen molar-refractivity contribution in [2.45, 2.75) is 33.2 Å². The molecular weight excluding hydrogens is 448 g/mol. The molecule has 1 N–H and O–H groups in total. The summed E-state index contributed by atoms with van der Waals surface area (Å²) < 4.78 is 58.7. The fourth-order valence-electron chi connectivity index (χ4n) is 3.30. The van der Waals surface area contributed by atoms with Crippen LogP contribution in [-0.2, 0) is 11.3 Å². The molecule has 6 nitrogen and oxygen atoms in total. The first-order valence-corrected chi connectivity index (χ1v) is 10.2. The second kappa shape index (κ2) is 9.68. The normalized spacial score (nSPS) is 15.6. The number of carbonyl (C=O) groups excluding carboxylic acids is 1. The van der Waals surface area contributed by atoms with Gasteiger partial charge in [-0.3, -0.25) is 14.4 Å². The number of aromatic nitrogens is 2. The number of nitrogens with zero attached hydrogens (tertiary/aromatic N) is 3. The highest BCUT2D eigenvalue weighted by molar-refractivity contribution is 7.80. The maximum absolute atomic E-state index is 13.3. The largest absolute Gasteiger partial charge is 0.496 e. The van der Waals surface area contributed by atoms with Gasteiger partial charge >= 0.3 is 0 Å². The minimum absolute atomic E-state index is 0.216. The van der Waals surface area contributed by atoms with E-state index in [-0.39, 0.29) is 24.1 Å². The number of thiocarbonyl (C=S) groups is 1.